The van der Waals surface area contributed by atoms with Gasteiger partial charge >= 0.3 is 0 Å². The number of pyridine rings is 1. The van der Waals surface area contributed by atoms with Crippen molar-refractivity contribution in [3.63, 3.8) is 0 Å². The number of aromatic nitrogens is 1. The van der Waals surface area contributed by atoms with Crippen molar-refractivity contribution in [2.24, 2.45) is 5.16 Å². The Balaban J connectivity index is 1.31. The van der Waals surface area contributed by atoms with Crippen LogP contribution in [0, 0.1) is 0 Å². The number of hydrogen-bond donors (Lipinski definition) is 1. The molecule has 1 saturated heterocycles. The van der Waals surface area contributed by atoms with Crippen LogP contribution in [-0.2, 0) is 14.4 Å². The molecule has 0 bridgehead atoms. The summed E-state index contributed by atoms with van der Waals surface area (Å²) in [5, 5.41) is 6.85. The molecule has 7 nitrogen and oxygen atoms in total. The van der Waals surface area contributed by atoms with Crippen molar-refractivity contribution in [2.45, 2.75) is 25.0 Å². The Kier molecular flexibility index (Phi) is 4.79. The van der Waals surface area contributed by atoms with E-state index >= 15 is 0 Å². The third-order valence-corrected chi connectivity index (χ3v) is 4.27. The number of hydrogen-bond acceptors (Lipinski definition) is 6. The first-order valence-electron chi connectivity index (χ1n) is 8.56. The number of benzene rings is 1. The molecule has 134 valence electrons. The molecule has 2 aromatic rings. The highest BCUT2D eigenvalue weighted by molar-refractivity contribution is 6.05. The van der Waals surface area contributed by atoms with E-state index in [9.17, 15) is 4.79 Å². The summed E-state index contributed by atoms with van der Waals surface area (Å²) in [5.74, 6) is 0.531. The summed E-state index contributed by atoms with van der Waals surface area (Å²) >= 11 is 0. The zero-order chi connectivity index (χ0) is 17.8. The lowest BCUT2D eigenvalue weighted by Gasteiger charge is -2.13. The molecule has 3 heterocycles. The summed E-state index contributed by atoms with van der Waals surface area (Å²) in [5.41, 5.74) is 2.27. The lowest BCUT2D eigenvalue weighted by molar-refractivity contribution is -0.125. The van der Waals surface area contributed by atoms with Crippen LogP contribution in [0.5, 0.6) is 5.75 Å². The molecule has 26 heavy (non-hydrogen) atoms. The maximum atomic E-state index is 12.4. The number of amides is 1. The van der Waals surface area contributed by atoms with Crippen LogP contribution in [0.1, 0.15) is 18.4 Å². The van der Waals surface area contributed by atoms with E-state index in [4.69, 9.17) is 14.3 Å². The van der Waals surface area contributed by atoms with Gasteiger partial charge in [-0.15, -0.1) is 0 Å². The average molecular weight is 353 g/mol. The fourth-order valence-corrected chi connectivity index (χ4v) is 2.86. The number of carbonyl (C=O) groups is 1. The molecule has 1 aromatic heterocycles. The standard InChI is InChI=1S/C19H19N3O4/c23-19(18-10-17(22-26-18)13-2-1-8-20-11-13)21-14-3-5-15(6-4-14)25-16-7-9-24-12-16/h1-6,8,11,16,18H,7,9-10,12H2,(H,21,23)/t16-,18+/m0/s1. The smallest absolute Gasteiger partial charge is 0.268 e. The van der Waals surface area contributed by atoms with Gasteiger partial charge in [-0.2, -0.15) is 0 Å². The molecule has 0 unspecified atom stereocenters. The molecule has 2 aliphatic rings. The van der Waals surface area contributed by atoms with Crippen LogP contribution in [0.15, 0.2) is 53.9 Å². The number of anilines is 1. The molecule has 0 aliphatic carbocycles. The molecule has 4 rings (SSSR count). The van der Waals surface area contributed by atoms with Crippen molar-refractivity contribution < 1.29 is 19.1 Å². The van der Waals surface area contributed by atoms with E-state index in [0.717, 1.165) is 30.1 Å². The zero-order valence-electron chi connectivity index (χ0n) is 14.1. The van der Waals surface area contributed by atoms with Gasteiger partial charge in [0, 0.05) is 36.5 Å². The monoisotopic (exact) mass is 353 g/mol. The third kappa shape index (κ3) is 3.83. The number of ether oxygens (including phenoxy) is 2. The van der Waals surface area contributed by atoms with Crippen LogP contribution in [-0.4, -0.2) is 42.0 Å². The summed E-state index contributed by atoms with van der Waals surface area (Å²) < 4.78 is 11.1. The van der Waals surface area contributed by atoms with Gasteiger partial charge < -0.3 is 19.6 Å². The number of nitrogens with zero attached hydrogens (tertiary/aromatic N) is 2. The minimum absolute atomic E-state index is 0.102. The van der Waals surface area contributed by atoms with Gasteiger partial charge in [0.05, 0.1) is 18.9 Å². The molecule has 1 N–H and O–H groups in total. The third-order valence-electron chi connectivity index (χ3n) is 4.27. The second kappa shape index (κ2) is 7.53. The minimum Gasteiger partial charge on any atom is -0.488 e. The van der Waals surface area contributed by atoms with E-state index in [1.54, 1.807) is 24.5 Å². The van der Waals surface area contributed by atoms with E-state index < -0.39 is 6.10 Å². The molecule has 0 saturated carbocycles. The molecular formula is C19H19N3O4. The van der Waals surface area contributed by atoms with Gasteiger partial charge in [-0.25, -0.2) is 0 Å². The molecule has 2 aliphatic heterocycles. The minimum atomic E-state index is -0.642. The molecule has 1 amide bonds. The predicted molar refractivity (Wildman–Crippen MR) is 95.2 cm³/mol. The summed E-state index contributed by atoms with van der Waals surface area (Å²) in [6.45, 7) is 1.36. The van der Waals surface area contributed by atoms with Crippen LogP contribution < -0.4 is 10.1 Å². The van der Waals surface area contributed by atoms with Gasteiger partial charge in [0.15, 0.2) is 0 Å². The van der Waals surface area contributed by atoms with Crippen molar-refractivity contribution >= 4 is 17.3 Å². The van der Waals surface area contributed by atoms with Gasteiger partial charge in [-0.05, 0) is 36.4 Å². The highest BCUT2D eigenvalue weighted by atomic mass is 16.6. The molecule has 1 fully saturated rings. The highest BCUT2D eigenvalue weighted by Gasteiger charge is 2.29. The number of rotatable bonds is 5. The Bertz CT molecular complexity index is 786. The first-order chi connectivity index (χ1) is 12.8. The molecule has 0 radical (unpaired) electrons. The van der Waals surface area contributed by atoms with Gasteiger partial charge in [0.2, 0.25) is 6.10 Å². The molecular weight excluding hydrogens is 334 g/mol. The molecule has 1 aromatic carbocycles. The SMILES string of the molecule is O=C(Nc1ccc(O[C@H]2CCOC2)cc1)[C@H]1CC(c2cccnc2)=NO1. The first-order valence-corrected chi connectivity index (χ1v) is 8.56. The van der Waals surface area contributed by atoms with Crippen molar-refractivity contribution in [3.8, 4) is 5.75 Å². The quantitative estimate of drug-likeness (QED) is 0.892. The van der Waals surface area contributed by atoms with Gasteiger partial charge in [-0.3, -0.25) is 9.78 Å². The summed E-state index contributed by atoms with van der Waals surface area (Å²) in [7, 11) is 0. The topological polar surface area (TPSA) is 82.0 Å². The van der Waals surface area contributed by atoms with E-state index in [1.165, 1.54) is 0 Å². The fourth-order valence-electron chi connectivity index (χ4n) is 2.86. The Labute approximate surface area is 151 Å². The Morgan fingerprint density at radius 2 is 2.12 bits per heavy atom. The molecule has 2 atom stereocenters. The fraction of sp³-hybridized carbons (Fsp3) is 0.316. The largest absolute Gasteiger partial charge is 0.488 e. The Morgan fingerprint density at radius 1 is 1.23 bits per heavy atom. The van der Waals surface area contributed by atoms with Gasteiger partial charge in [-0.1, -0.05) is 5.16 Å². The van der Waals surface area contributed by atoms with Gasteiger partial charge in [0.25, 0.3) is 5.91 Å². The van der Waals surface area contributed by atoms with E-state index in [-0.39, 0.29) is 12.0 Å². The first kappa shape index (κ1) is 16.5. The Hall–Kier alpha value is -2.93. The summed E-state index contributed by atoms with van der Waals surface area (Å²) in [4.78, 5) is 21.7. The second-order valence-electron chi connectivity index (χ2n) is 6.19. The maximum absolute atomic E-state index is 12.4. The maximum Gasteiger partial charge on any atom is 0.268 e. The predicted octanol–water partition coefficient (Wildman–Crippen LogP) is 2.38. The lowest BCUT2D eigenvalue weighted by Crippen LogP contribution is -2.28. The second-order valence-corrected chi connectivity index (χ2v) is 6.19. The highest BCUT2D eigenvalue weighted by Crippen LogP contribution is 2.21. The van der Waals surface area contributed by atoms with Crippen LogP contribution in [0.3, 0.4) is 0 Å². The number of carbonyl (C=O) groups excluding carboxylic acids is 1. The van der Waals surface area contributed by atoms with Gasteiger partial charge in [0.1, 0.15) is 11.9 Å². The average Bonchev–Trinajstić information content (AvgIpc) is 3.36. The number of oxime groups is 1. The molecule has 7 heteroatoms. The van der Waals surface area contributed by atoms with Crippen LogP contribution >= 0.6 is 0 Å². The Morgan fingerprint density at radius 3 is 2.85 bits per heavy atom. The lowest BCUT2D eigenvalue weighted by atomic mass is 10.1. The van der Waals surface area contributed by atoms with Crippen molar-refractivity contribution in [2.75, 3.05) is 18.5 Å². The zero-order valence-corrected chi connectivity index (χ0v) is 14.1. The summed E-state index contributed by atoms with van der Waals surface area (Å²) in [6.07, 6.45) is 4.17. The number of nitrogens with one attached hydrogen (secondary N) is 1. The van der Waals surface area contributed by atoms with Crippen LogP contribution in [0.2, 0.25) is 0 Å². The van der Waals surface area contributed by atoms with Crippen LogP contribution in [0.25, 0.3) is 0 Å². The van der Waals surface area contributed by atoms with Crippen molar-refractivity contribution in [1.82, 2.24) is 4.98 Å². The normalized spacial score (nSPS) is 21.8. The van der Waals surface area contributed by atoms with E-state index in [0.29, 0.717) is 18.7 Å². The van der Waals surface area contributed by atoms with Crippen LogP contribution in [0.4, 0.5) is 5.69 Å². The van der Waals surface area contributed by atoms with E-state index in [2.05, 4.69) is 15.5 Å². The molecule has 0 spiro atoms. The van der Waals surface area contributed by atoms with E-state index in [1.807, 2.05) is 24.3 Å². The van der Waals surface area contributed by atoms with Crippen molar-refractivity contribution in [1.29, 1.82) is 0 Å². The summed E-state index contributed by atoms with van der Waals surface area (Å²) in [6, 6.07) is 11.0. The van der Waals surface area contributed by atoms with Crippen molar-refractivity contribution in [3.05, 3.63) is 54.4 Å².